The largest absolute Gasteiger partial charge is 0.311 e. The Bertz CT molecular complexity index is 730. The highest BCUT2D eigenvalue weighted by Gasteiger charge is 2.24. The zero-order valence-corrected chi connectivity index (χ0v) is 12.6. The lowest BCUT2D eigenvalue weighted by atomic mass is 10.0. The van der Waals surface area contributed by atoms with Crippen molar-refractivity contribution in [3.63, 3.8) is 0 Å². The fraction of sp³-hybridized carbons (Fsp3) is 0.500. The van der Waals surface area contributed by atoms with Gasteiger partial charge in [-0.1, -0.05) is 12.1 Å². The van der Waals surface area contributed by atoms with Crippen LogP contribution >= 0.6 is 0 Å². The molecule has 21 heavy (non-hydrogen) atoms. The molecular formula is C18H22N2O. The van der Waals surface area contributed by atoms with E-state index in [0.29, 0.717) is 6.04 Å². The number of hydrogen-bond acceptors (Lipinski definition) is 2. The first-order valence-electron chi connectivity index (χ1n) is 8.06. The van der Waals surface area contributed by atoms with Crippen molar-refractivity contribution in [3.8, 4) is 0 Å². The van der Waals surface area contributed by atoms with Crippen LogP contribution in [-0.2, 0) is 0 Å². The minimum atomic E-state index is 0.176. The minimum absolute atomic E-state index is 0.176. The van der Waals surface area contributed by atoms with Gasteiger partial charge in [0.15, 0.2) is 0 Å². The van der Waals surface area contributed by atoms with Crippen molar-refractivity contribution in [2.24, 2.45) is 0 Å². The van der Waals surface area contributed by atoms with Gasteiger partial charge in [-0.2, -0.15) is 0 Å². The number of rotatable bonds is 2. The monoisotopic (exact) mass is 282 g/mol. The van der Waals surface area contributed by atoms with Gasteiger partial charge in [0.1, 0.15) is 0 Å². The summed E-state index contributed by atoms with van der Waals surface area (Å²) in [5, 5.41) is 1.97. The molecule has 0 unspecified atom stereocenters. The van der Waals surface area contributed by atoms with Gasteiger partial charge in [-0.25, -0.2) is 0 Å². The van der Waals surface area contributed by atoms with Crippen LogP contribution in [0.25, 0.3) is 10.8 Å². The lowest BCUT2D eigenvalue weighted by Gasteiger charge is -2.31. The average molecular weight is 282 g/mol. The summed E-state index contributed by atoms with van der Waals surface area (Å²) in [6.45, 7) is 2.12. The van der Waals surface area contributed by atoms with Gasteiger partial charge in [-0.15, -0.1) is 0 Å². The van der Waals surface area contributed by atoms with Crippen molar-refractivity contribution in [2.75, 3.05) is 20.1 Å². The number of nitrogens with zero attached hydrogens (tertiary/aromatic N) is 2. The summed E-state index contributed by atoms with van der Waals surface area (Å²) in [5.41, 5.74) is 1.58. The molecule has 2 fully saturated rings. The van der Waals surface area contributed by atoms with Crippen molar-refractivity contribution in [3.05, 3.63) is 46.4 Å². The fourth-order valence-electron chi connectivity index (χ4n) is 3.61. The summed E-state index contributed by atoms with van der Waals surface area (Å²) in [6, 6.07) is 8.85. The third kappa shape index (κ3) is 2.40. The predicted molar refractivity (Wildman–Crippen MR) is 86.0 cm³/mol. The number of fused-ring (bicyclic) bond motifs is 1. The summed E-state index contributed by atoms with van der Waals surface area (Å²) >= 11 is 0. The normalized spacial score (nSPS) is 23.6. The summed E-state index contributed by atoms with van der Waals surface area (Å²) in [4.78, 5) is 15.1. The molecule has 3 heteroatoms. The van der Waals surface area contributed by atoms with Crippen molar-refractivity contribution < 1.29 is 0 Å². The van der Waals surface area contributed by atoms with E-state index in [1.165, 1.54) is 24.8 Å². The Balaban J connectivity index is 1.75. The van der Waals surface area contributed by atoms with Crippen LogP contribution in [0.1, 0.15) is 43.2 Å². The van der Waals surface area contributed by atoms with Crippen LogP contribution in [0.2, 0.25) is 0 Å². The number of pyridine rings is 1. The molecule has 1 saturated heterocycles. The van der Waals surface area contributed by atoms with Crippen LogP contribution in [0.3, 0.4) is 0 Å². The molecule has 3 nitrogen and oxygen atoms in total. The second-order valence-electron chi connectivity index (χ2n) is 6.71. The SMILES string of the molecule is CN1CCC[C@@H](n2ccc3cc(C4CC4)ccc3c2=O)C1. The topological polar surface area (TPSA) is 25.2 Å². The van der Waals surface area contributed by atoms with Gasteiger partial charge in [0.05, 0.1) is 0 Å². The third-order valence-corrected chi connectivity index (χ3v) is 5.00. The second-order valence-corrected chi connectivity index (χ2v) is 6.71. The molecule has 0 N–H and O–H groups in total. The van der Waals surface area contributed by atoms with Gasteiger partial charge in [0.25, 0.3) is 5.56 Å². The second kappa shape index (κ2) is 4.99. The third-order valence-electron chi connectivity index (χ3n) is 5.00. The highest BCUT2D eigenvalue weighted by molar-refractivity contribution is 5.82. The minimum Gasteiger partial charge on any atom is -0.311 e. The molecule has 0 radical (unpaired) electrons. The Labute approximate surface area is 125 Å². The molecule has 0 amide bonds. The molecule has 1 aliphatic carbocycles. The smallest absolute Gasteiger partial charge is 0.258 e. The molecule has 0 bridgehead atoms. The lowest BCUT2D eigenvalue weighted by Crippen LogP contribution is -2.37. The fourth-order valence-corrected chi connectivity index (χ4v) is 3.61. The van der Waals surface area contributed by atoms with E-state index in [1.807, 2.05) is 16.8 Å². The van der Waals surface area contributed by atoms with E-state index in [1.54, 1.807) is 0 Å². The van der Waals surface area contributed by atoms with Gasteiger partial charge < -0.3 is 9.47 Å². The van der Waals surface area contributed by atoms with Gasteiger partial charge in [0, 0.05) is 24.2 Å². The Morgan fingerprint density at radius 3 is 2.76 bits per heavy atom. The molecular weight excluding hydrogens is 260 g/mol. The van der Waals surface area contributed by atoms with Crippen molar-refractivity contribution in [1.29, 1.82) is 0 Å². The summed E-state index contributed by atoms with van der Waals surface area (Å²) in [6.07, 6.45) is 6.89. The Morgan fingerprint density at radius 2 is 2.00 bits per heavy atom. The number of likely N-dealkylation sites (tertiary alicyclic amines) is 1. The molecule has 2 heterocycles. The molecule has 110 valence electrons. The van der Waals surface area contributed by atoms with Gasteiger partial charge in [0.2, 0.25) is 0 Å². The first kappa shape index (κ1) is 13.1. The molecule has 1 atom stereocenters. The highest BCUT2D eigenvalue weighted by Crippen LogP contribution is 2.40. The summed E-state index contributed by atoms with van der Waals surface area (Å²) < 4.78 is 1.95. The Hall–Kier alpha value is -1.61. The Morgan fingerprint density at radius 1 is 1.14 bits per heavy atom. The molecule has 1 aromatic carbocycles. The molecule has 1 saturated carbocycles. The highest BCUT2D eigenvalue weighted by atomic mass is 16.1. The molecule has 1 aromatic heterocycles. The molecule has 0 spiro atoms. The van der Waals surface area contributed by atoms with Crippen LogP contribution in [0, 0.1) is 0 Å². The average Bonchev–Trinajstić information content (AvgIpc) is 3.32. The molecule has 2 aliphatic rings. The van der Waals surface area contributed by atoms with Crippen LogP contribution in [0.15, 0.2) is 35.3 Å². The van der Waals surface area contributed by atoms with Crippen molar-refractivity contribution >= 4 is 10.8 Å². The number of aromatic nitrogens is 1. The van der Waals surface area contributed by atoms with E-state index in [-0.39, 0.29) is 5.56 Å². The first-order valence-corrected chi connectivity index (χ1v) is 8.06. The van der Waals surface area contributed by atoms with Gasteiger partial charge in [-0.3, -0.25) is 4.79 Å². The van der Waals surface area contributed by atoms with Crippen LogP contribution in [0.5, 0.6) is 0 Å². The maximum absolute atomic E-state index is 12.8. The maximum atomic E-state index is 12.8. The summed E-state index contributed by atoms with van der Waals surface area (Å²) in [5.74, 6) is 0.740. The van der Waals surface area contributed by atoms with E-state index in [0.717, 1.165) is 36.2 Å². The van der Waals surface area contributed by atoms with E-state index in [4.69, 9.17) is 0 Å². The van der Waals surface area contributed by atoms with Crippen LogP contribution in [0.4, 0.5) is 0 Å². The number of likely N-dealkylation sites (N-methyl/N-ethyl adjacent to an activating group) is 1. The zero-order valence-electron chi connectivity index (χ0n) is 12.6. The van der Waals surface area contributed by atoms with Crippen LogP contribution in [-0.4, -0.2) is 29.6 Å². The molecule has 4 rings (SSSR count). The van der Waals surface area contributed by atoms with Crippen molar-refractivity contribution in [2.45, 2.75) is 37.6 Å². The van der Waals surface area contributed by atoms with Crippen LogP contribution < -0.4 is 5.56 Å². The molecule has 1 aliphatic heterocycles. The van der Waals surface area contributed by atoms with Gasteiger partial charge in [-0.05, 0) is 68.3 Å². The number of hydrogen-bond donors (Lipinski definition) is 0. The van der Waals surface area contributed by atoms with E-state index >= 15 is 0 Å². The maximum Gasteiger partial charge on any atom is 0.258 e. The summed E-state index contributed by atoms with van der Waals surface area (Å²) in [7, 11) is 2.14. The Kier molecular flexibility index (Phi) is 3.11. The van der Waals surface area contributed by atoms with Gasteiger partial charge >= 0.3 is 0 Å². The lowest BCUT2D eigenvalue weighted by molar-refractivity contribution is 0.210. The predicted octanol–water partition coefficient (Wildman–Crippen LogP) is 3.15. The first-order chi connectivity index (χ1) is 10.2. The van der Waals surface area contributed by atoms with E-state index in [2.05, 4.69) is 30.1 Å². The van der Waals surface area contributed by atoms with E-state index in [9.17, 15) is 4.79 Å². The zero-order chi connectivity index (χ0) is 14.4. The quantitative estimate of drug-likeness (QED) is 0.845. The standard InChI is InChI=1S/C18H22N2O/c1-19-9-2-3-16(12-19)20-10-8-15-11-14(13-4-5-13)6-7-17(15)18(20)21/h6-8,10-11,13,16H,2-5,9,12H2,1H3/t16-/m1/s1. The van der Waals surface area contributed by atoms with Crippen molar-refractivity contribution in [1.82, 2.24) is 9.47 Å². The molecule has 2 aromatic rings. The van der Waals surface area contributed by atoms with E-state index < -0.39 is 0 Å². The number of benzene rings is 1. The number of piperidine rings is 1.